The first-order valence-corrected chi connectivity index (χ1v) is 6.65. The predicted octanol–water partition coefficient (Wildman–Crippen LogP) is 1.34. The van der Waals surface area contributed by atoms with E-state index >= 15 is 0 Å². The lowest BCUT2D eigenvalue weighted by atomic mass is 10.1. The third-order valence-electron chi connectivity index (χ3n) is 2.90. The first kappa shape index (κ1) is 14.8. The van der Waals surface area contributed by atoms with Crippen molar-refractivity contribution in [3.8, 4) is 5.75 Å². The molecule has 0 bridgehead atoms. The van der Waals surface area contributed by atoms with Crippen LogP contribution < -0.4 is 16.4 Å². The van der Waals surface area contributed by atoms with Gasteiger partial charge in [0, 0.05) is 6.54 Å². The molecule has 1 aromatic carbocycles. The van der Waals surface area contributed by atoms with Crippen molar-refractivity contribution in [2.24, 2.45) is 5.73 Å². The number of aromatic nitrogens is 1. The van der Waals surface area contributed by atoms with Crippen molar-refractivity contribution in [2.75, 3.05) is 23.7 Å². The van der Waals surface area contributed by atoms with Crippen LogP contribution in [0, 0.1) is 0 Å². The Labute approximate surface area is 123 Å². The quantitative estimate of drug-likeness (QED) is 0.642. The average Bonchev–Trinajstić information content (AvgIpc) is 2.51. The summed E-state index contributed by atoms with van der Waals surface area (Å²) in [5.74, 6) is 0.482. The van der Waals surface area contributed by atoms with Crippen LogP contribution in [0.1, 0.15) is 5.56 Å². The smallest absolute Gasteiger partial charge is 0.239 e. The molecule has 0 saturated heterocycles. The van der Waals surface area contributed by atoms with Gasteiger partial charge in [-0.25, -0.2) is 4.98 Å². The summed E-state index contributed by atoms with van der Waals surface area (Å²) in [7, 11) is 0. The van der Waals surface area contributed by atoms with Gasteiger partial charge in [0.25, 0.3) is 0 Å². The Morgan fingerprint density at radius 3 is 2.57 bits per heavy atom. The zero-order valence-electron chi connectivity index (χ0n) is 11.5. The normalized spacial score (nSPS) is 10.1. The van der Waals surface area contributed by atoms with E-state index in [1.807, 2.05) is 18.2 Å². The van der Waals surface area contributed by atoms with Crippen LogP contribution in [0.5, 0.6) is 5.75 Å². The minimum atomic E-state index is -0.268. The number of nitrogens with zero attached hydrogens (tertiary/aromatic N) is 1. The molecule has 6 heteroatoms. The molecule has 0 fully saturated rings. The summed E-state index contributed by atoms with van der Waals surface area (Å²) < 4.78 is 0. The van der Waals surface area contributed by atoms with Crippen LogP contribution in [0.4, 0.5) is 11.5 Å². The highest BCUT2D eigenvalue weighted by atomic mass is 16.3. The Hall–Kier alpha value is -2.60. The number of rotatable bonds is 6. The predicted molar refractivity (Wildman–Crippen MR) is 82.2 cm³/mol. The number of nitrogens with two attached hydrogens (primary N) is 1. The van der Waals surface area contributed by atoms with E-state index in [9.17, 15) is 9.90 Å². The van der Waals surface area contributed by atoms with Gasteiger partial charge in [-0.05, 0) is 36.2 Å². The lowest BCUT2D eigenvalue weighted by Crippen LogP contribution is -2.22. The van der Waals surface area contributed by atoms with Gasteiger partial charge < -0.3 is 21.5 Å². The highest BCUT2D eigenvalue weighted by Gasteiger charge is 2.00. The molecule has 2 aromatic rings. The molecule has 0 aliphatic carbocycles. The Kier molecular flexibility index (Phi) is 5.11. The van der Waals surface area contributed by atoms with Crippen LogP contribution in [0.15, 0.2) is 42.6 Å². The van der Waals surface area contributed by atoms with Crippen molar-refractivity contribution >= 4 is 17.4 Å². The number of benzene rings is 1. The summed E-state index contributed by atoms with van der Waals surface area (Å²) in [6, 6.07) is 10.7. The number of hydrogen-bond donors (Lipinski definition) is 4. The molecule has 110 valence electrons. The van der Waals surface area contributed by atoms with Crippen molar-refractivity contribution in [3.05, 3.63) is 48.2 Å². The molecular formula is C15H18N4O2. The number of phenolic OH excluding ortho intramolecular Hbond substituents is 1. The van der Waals surface area contributed by atoms with E-state index in [0.717, 1.165) is 24.2 Å². The molecule has 0 saturated carbocycles. The van der Waals surface area contributed by atoms with Gasteiger partial charge in [0.15, 0.2) is 0 Å². The second-order valence-corrected chi connectivity index (χ2v) is 4.53. The Bertz CT molecular complexity index is 582. The fourth-order valence-electron chi connectivity index (χ4n) is 1.78. The first-order valence-electron chi connectivity index (χ1n) is 6.65. The standard InChI is InChI=1S/C15H18N4O2/c16-9-15(21)19-14-6-3-12(10-18-14)17-8-7-11-1-4-13(20)5-2-11/h1-6,10,17,20H,7-9,16H2,(H,18,19,21). The number of anilines is 2. The van der Waals surface area contributed by atoms with E-state index in [1.165, 1.54) is 0 Å². The summed E-state index contributed by atoms with van der Waals surface area (Å²) in [5.41, 5.74) is 7.23. The van der Waals surface area contributed by atoms with E-state index in [4.69, 9.17) is 5.73 Å². The van der Waals surface area contributed by atoms with E-state index in [0.29, 0.717) is 5.82 Å². The van der Waals surface area contributed by atoms with Crippen molar-refractivity contribution < 1.29 is 9.90 Å². The molecule has 0 atom stereocenters. The maximum absolute atomic E-state index is 11.1. The van der Waals surface area contributed by atoms with Crippen LogP contribution in [0.2, 0.25) is 0 Å². The molecule has 0 radical (unpaired) electrons. The minimum absolute atomic E-state index is 0.0612. The van der Waals surface area contributed by atoms with Crippen LogP contribution in [0.25, 0.3) is 0 Å². The van der Waals surface area contributed by atoms with Gasteiger partial charge in [-0.3, -0.25) is 4.79 Å². The number of carbonyl (C=O) groups excluding carboxylic acids is 1. The summed E-state index contributed by atoms with van der Waals surface area (Å²) in [6.45, 7) is 0.690. The largest absolute Gasteiger partial charge is 0.508 e. The Morgan fingerprint density at radius 2 is 1.95 bits per heavy atom. The highest BCUT2D eigenvalue weighted by molar-refractivity contribution is 5.91. The third kappa shape index (κ3) is 4.77. The number of nitrogens with one attached hydrogen (secondary N) is 2. The molecule has 0 aliphatic heterocycles. The van der Waals surface area contributed by atoms with Crippen molar-refractivity contribution in [3.63, 3.8) is 0 Å². The zero-order valence-corrected chi connectivity index (χ0v) is 11.5. The SMILES string of the molecule is NCC(=O)Nc1ccc(NCCc2ccc(O)cc2)cn1. The summed E-state index contributed by atoms with van der Waals surface area (Å²) in [6.07, 6.45) is 2.49. The first-order chi connectivity index (χ1) is 10.2. The topological polar surface area (TPSA) is 100 Å². The van der Waals surface area contributed by atoms with Crippen LogP contribution in [-0.2, 0) is 11.2 Å². The van der Waals surface area contributed by atoms with E-state index in [2.05, 4.69) is 15.6 Å². The van der Waals surface area contributed by atoms with Gasteiger partial charge in [-0.1, -0.05) is 12.1 Å². The van der Waals surface area contributed by atoms with Crippen LogP contribution in [0.3, 0.4) is 0 Å². The summed E-state index contributed by atoms with van der Waals surface area (Å²) >= 11 is 0. The number of pyridine rings is 1. The molecule has 1 aromatic heterocycles. The highest BCUT2D eigenvalue weighted by Crippen LogP contribution is 2.12. The van der Waals surface area contributed by atoms with Crippen molar-refractivity contribution in [1.29, 1.82) is 0 Å². The number of carbonyl (C=O) groups is 1. The number of hydrogen-bond acceptors (Lipinski definition) is 5. The third-order valence-corrected chi connectivity index (χ3v) is 2.90. The van der Waals surface area contributed by atoms with Gasteiger partial charge in [0.2, 0.25) is 5.91 Å². The second kappa shape index (κ2) is 7.25. The number of aromatic hydroxyl groups is 1. The average molecular weight is 286 g/mol. The zero-order chi connectivity index (χ0) is 15.1. The van der Waals surface area contributed by atoms with E-state index < -0.39 is 0 Å². The van der Waals surface area contributed by atoms with Crippen molar-refractivity contribution in [2.45, 2.75) is 6.42 Å². The molecule has 5 N–H and O–H groups in total. The van der Waals surface area contributed by atoms with Gasteiger partial charge in [0.1, 0.15) is 11.6 Å². The van der Waals surface area contributed by atoms with Gasteiger partial charge >= 0.3 is 0 Å². The molecule has 21 heavy (non-hydrogen) atoms. The summed E-state index contributed by atoms with van der Waals surface area (Å²) in [5, 5.41) is 15.0. The molecule has 0 unspecified atom stereocenters. The number of phenols is 1. The maximum Gasteiger partial charge on any atom is 0.239 e. The summed E-state index contributed by atoms with van der Waals surface area (Å²) in [4.78, 5) is 15.2. The number of amides is 1. The maximum atomic E-state index is 11.1. The Balaban J connectivity index is 1.80. The lowest BCUT2D eigenvalue weighted by molar-refractivity contribution is -0.114. The van der Waals surface area contributed by atoms with Crippen LogP contribution in [-0.4, -0.2) is 29.1 Å². The van der Waals surface area contributed by atoms with Gasteiger partial charge in [-0.15, -0.1) is 0 Å². The fraction of sp³-hybridized carbons (Fsp3) is 0.200. The molecule has 1 amide bonds. The monoisotopic (exact) mass is 286 g/mol. The fourth-order valence-corrected chi connectivity index (χ4v) is 1.78. The Morgan fingerprint density at radius 1 is 1.19 bits per heavy atom. The molecule has 0 aliphatic rings. The minimum Gasteiger partial charge on any atom is -0.508 e. The van der Waals surface area contributed by atoms with Crippen molar-refractivity contribution in [1.82, 2.24) is 4.98 Å². The molecule has 2 rings (SSSR count). The molecule has 1 heterocycles. The van der Waals surface area contributed by atoms with E-state index in [1.54, 1.807) is 24.4 Å². The van der Waals surface area contributed by atoms with Gasteiger partial charge in [0.05, 0.1) is 18.4 Å². The van der Waals surface area contributed by atoms with E-state index in [-0.39, 0.29) is 18.2 Å². The molecule has 6 nitrogen and oxygen atoms in total. The molecule has 0 spiro atoms. The molecular weight excluding hydrogens is 268 g/mol. The van der Waals surface area contributed by atoms with Crippen LogP contribution >= 0.6 is 0 Å². The second-order valence-electron chi connectivity index (χ2n) is 4.53. The van der Waals surface area contributed by atoms with Gasteiger partial charge in [-0.2, -0.15) is 0 Å². The lowest BCUT2D eigenvalue weighted by Gasteiger charge is -2.07.